The highest BCUT2D eigenvalue weighted by molar-refractivity contribution is 5.93. The van der Waals surface area contributed by atoms with E-state index in [0.717, 1.165) is 23.1 Å². The highest BCUT2D eigenvalue weighted by Crippen LogP contribution is 2.70. The van der Waals surface area contributed by atoms with Crippen LogP contribution in [0.4, 0.5) is 4.39 Å². The van der Waals surface area contributed by atoms with E-state index in [-0.39, 0.29) is 17.1 Å². The van der Waals surface area contributed by atoms with E-state index in [1.807, 2.05) is 28.0 Å². The number of hydrogen-bond acceptors (Lipinski definition) is 3. The predicted octanol–water partition coefficient (Wildman–Crippen LogP) is 6.55. The number of aryl methyl sites for hydroxylation is 1. The normalized spacial score (nSPS) is 23.4. The van der Waals surface area contributed by atoms with Crippen molar-refractivity contribution >= 4 is 16.8 Å². The molecule has 0 bridgehead atoms. The van der Waals surface area contributed by atoms with Gasteiger partial charge in [0.15, 0.2) is 0 Å². The van der Waals surface area contributed by atoms with Crippen LogP contribution >= 0.6 is 0 Å². The fraction of sp³-hybridized carbons (Fsp3) is 0.265. The van der Waals surface area contributed by atoms with Crippen LogP contribution in [0.2, 0.25) is 0 Å². The van der Waals surface area contributed by atoms with Crippen molar-refractivity contribution in [3.8, 4) is 5.69 Å². The molecule has 3 heterocycles. The standard InChI is InChI=1S/C34H29FN4O/c1-21-15-31-25(18-37-39(31)27-12-10-26(35)11-13-27)16-28(21)34-20-38(19-29(34)32(34)23-5-3-2-4-6-23)33(40)30-14-9-24(17-36-30)22-7-8-22/h2-6,9-18,22,29,32H,7-8,19-20H2,1H3/t29-,32-,34+/m0/s1. The van der Waals surface area contributed by atoms with Crippen LogP contribution in [0.1, 0.15) is 57.4 Å². The molecule has 5 aromatic rings. The molecule has 1 amide bonds. The molecule has 1 saturated heterocycles. The molecule has 2 aromatic heterocycles. The Kier molecular flexibility index (Phi) is 5.06. The summed E-state index contributed by atoms with van der Waals surface area (Å²) in [5.74, 6) is 1.07. The molecule has 0 radical (unpaired) electrons. The van der Waals surface area contributed by atoms with Crippen molar-refractivity contribution in [2.45, 2.75) is 37.0 Å². The van der Waals surface area contributed by atoms with Gasteiger partial charge in [0, 0.05) is 36.0 Å². The first kappa shape index (κ1) is 23.6. The summed E-state index contributed by atoms with van der Waals surface area (Å²) in [6, 6.07) is 25.6. The second-order valence-corrected chi connectivity index (χ2v) is 11.7. The molecule has 0 N–H and O–H groups in total. The average molecular weight is 529 g/mol. The van der Waals surface area contributed by atoms with Crippen LogP contribution in [0.3, 0.4) is 0 Å². The van der Waals surface area contributed by atoms with Crippen LogP contribution in [0.5, 0.6) is 0 Å². The first-order chi connectivity index (χ1) is 19.5. The number of rotatable bonds is 5. The van der Waals surface area contributed by atoms with Gasteiger partial charge in [0.05, 0.1) is 17.4 Å². The number of benzene rings is 3. The minimum atomic E-state index is -0.265. The lowest BCUT2D eigenvalue weighted by Gasteiger charge is -2.25. The third-order valence-electron chi connectivity index (χ3n) is 9.37. The molecule has 2 aliphatic carbocycles. The number of likely N-dealkylation sites (tertiary alicyclic amines) is 1. The number of fused-ring (bicyclic) bond motifs is 2. The monoisotopic (exact) mass is 528 g/mol. The molecule has 3 aliphatic rings. The van der Waals surface area contributed by atoms with E-state index < -0.39 is 0 Å². The van der Waals surface area contributed by atoms with Gasteiger partial charge < -0.3 is 4.90 Å². The summed E-state index contributed by atoms with van der Waals surface area (Å²) in [6.07, 6.45) is 6.22. The van der Waals surface area contributed by atoms with Gasteiger partial charge in [-0.25, -0.2) is 9.07 Å². The van der Waals surface area contributed by atoms with Crippen LogP contribution in [-0.4, -0.2) is 38.7 Å². The molecule has 5 nitrogen and oxygen atoms in total. The first-order valence-corrected chi connectivity index (χ1v) is 14.1. The van der Waals surface area contributed by atoms with Crippen LogP contribution in [0.25, 0.3) is 16.6 Å². The third kappa shape index (κ3) is 3.55. The Hall–Kier alpha value is -4.32. The molecule has 40 heavy (non-hydrogen) atoms. The molecule has 8 rings (SSSR count). The van der Waals surface area contributed by atoms with E-state index in [2.05, 4.69) is 65.5 Å². The van der Waals surface area contributed by atoms with Gasteiger partial charge in [-0.3, -0.25) is 9.78 Å². The summed E-state index contributed by atoms with van der Waals surface area (Å²) in [5.41, 5.74) is 7.23. The van der Waals surface area contributed by atoms with Gasteiger partial charge in [0.2, 0.25) is 0 Å². The Morgan fingerprint density at radius 1 is 0.950 bits per heavy atom. The fourth-order valence-electron chi connectivity index (χ4n) is 7.24. The number of carbonyl (C=O) groups excluding carboxylic acids is 1. The van der Waals surface area contributed by atoms with Crippen molar-refractivity contribution in [3.05, 3.63) is 125 Å². The van der Waals surface area contributed by atoms with E-state index in [0.29, 0.717) is 30.0 Å². The topological polar surface area (TPSA) is 51.0 Å². The van der Waals surface area contributed by atoms with E-state index in [9.17, 15) is 9.18 Å². The zero-order valence-electron chi connectivity index (χ0n) is 22.3. The number of halogens is 1. The minimum Gasteiger partial charge on any atom is -0.336 e. The largest absolute Gasteiger partial charge is 0.336 e. The van der Waals surface area contributed by atoms with E-state index in [1.165, 1.54) is 47.2 Å². The second-order valence-electron chi connectivity index (χ2n) is 11.7. The zero-order chi connectivity index (χ0) is 27.0. The number of nitrogens with zero attached hydrogens (tertiary/aromatic N) is 4. The Balaban J connectivity index is 1.17. The molecule has 198 valence electrons. The van der Waals surface area contributed by atoms with Gasteiger partial charge in [-0.1, -0.05) is 36.4 Å². The van der Waals surface area contributed by atoms with E-state index in [1.54, 1.807) is 12.1 Å². The number of piperidine rings is 1. The van der Waals surface area contributed by atoms with Crippen molar-refractivity contribution in [1.29, 1.82) is 0 Å². The van der Waals surface area contributed by atoms with Crippen molar-refractivity contribution in [2.24, 2.45) is 5.92 Å². The molecule has 2 saturated carbocycles. The van der Waals surface area contributed by atoms with Gasteiger partial charge in [-0.15, -0.1) is 0 Å². The Morgan fingerprint density at radius 3 is 2.48 bits per heavy atom. The van der Waals surface area contributed by atoms with Crippen LogP contribution in [0.15, 0.2) is 91.3 Å². The molecule has 0 spiro atoms. The summed E-state index contributed by atoms with van der Waals surface area (Å²) in [6.45, 7) is 3.54. The maximum absolute atomic E-state index is 13.6. The number of carbonyl (C=O) groups is 1. The summed E-state index contributed by atoms with van der Waals surface area (Å²) in [5, 5.41) is 5.69. The van der Waals surface area contributed by atoms with Gasteiger partial charge in [0.1, 0.15) is 11.5 Å². The number of pyridine rings is 1. The molecular formula is C34H29FN4O. The minimum absolute atomic E-state index is 0.0172. The van der Waals surface area contributed by atoms with Gasteiger partial charge in [0.25, 0.3) is 5.91 Å². The molecule has 3 fully saturated rings. The highest BCUT2D eigenvalue weighted by Gasteiger charge is 2.71. The SMILES string of the molecule is Cc1cc2c(cnn2-c2ccc(F)cc2)cc1[C@]12CN(C(=O)c3ccc(C4CC4)cn3)C[C@H]1[C@@H]2c1ccccc1. The quantitative estimate of drug-likeness (QED) is 0.260. The summed E-state index contributed by atoms with van der Waals surface area (Å²) < 4.78 is 15.4. The maximum Gasteiger partial charge on any atom is 0.272 e. The lowest BCUT2D eigenvalue weighted by molar-refractivity contribution is 0.0763. The molecule has 1 aliphatic heterocycles. The smallest absolute Gasteiger partial charge is 0.272 e. The Morgan fingerprint density at radius 2 is 1.75 bits per heavy atom. The van der Waals surface area contributed by atoms with Gasteiger partial charge in [-0.2, -0.15) is 5.10 Å². The molecule has 3 aromatic carbocycles. The third-order valence-corrected chi connectivity index (χ3v) is 9.37. The molecule has 0 unspecified atom stereocenters. The summed E-state index contributed by atoms with van der Waals surface area (Å²) >= 11 is 0. The number of amides is 1. The zero-order valence-corrected chi connectivity index (χ0v) is 22.3. The predicted molar refractivity (Wildman–Crippen MR) is 152 cm³/mol. The van der Waals surface area contributed by atoms with E-state index in [4.69, 9.17) is 0 Å². The Labute approximate surface area is 232 Å². The van der Waals surface area contributed by atoms with Crippen LogP contribution in [0, 0.1) is 18.7 Å². The van der Waals surface area contributed by atoms with Crippen LogP contribution in [-0.2, 0) is 5.41 Å². The first-order valence-electron chi connectivity index (χ1n) is 14.1. The number of aromatic nitrogens is 3. The lowest BCUT2D eigenvalue weighted by atomic mass is 9.86. The van der Waals surface area contributed by atoms with Crippen molar-refractivity contribution in [1.82, 2.24) is 19.7 Å². The fourth-order valence-corrected chi connectivity index (χ4v) is 7.24. The van der Waals surface area contributed by atoms with Gasteiger partial charge in [-0.05, 0) is 96.3 Å². The van der Waals surface area contributed by atoms with Gasteiger partial charge >= 0.3 is 0 Å². The number of hydrogen-bond donors (Lipinski definition) is 0. The van der Waals surface area contributed by atoms with Crippen molar-refractivity contribution in [3.63, 3.8) is 0 Å². The Bertz CT molecular complexity index is 1760. The van der Waals surface area contributed by atoms with Crippen LogP contribution < -0.4 is 0 Å². The second kappa shape index (κ2) is 8.59. The summed E-state index contributed by atoms with van der Waals surface area (Å²) in [7, 11) is 0. The van der Waals surface area contributed by atoms with Crippen molar-refractivity contribution in [2.75, 3.05) is 13.1 Å². The molecule has 6 heteroatoms. The maximum atomic E-state index is 13.6. The summed E-state index contributed by atoms with van der Waals surface area (Å²) in [4.78, 5) is 20.2. The van der Waals surface area contributed by atoms with E-state index >= 15 is 0 Å². The lowest BCUT2D eigenvalue weighted by Crippen LogP contribution is -2.35. The highest BCUT2D eigenvalue weighted by atomic mass is 19.1. The molecular weight excluding hydrogens is 499 g/mol. The van der Waals surface area contributed by atoms with Crippen molar-refractivity contribution < 1.29 is 9.18 Å². The average Bonchev–Trinajstić information content (AvgIpc) is 3.86. The molecule has 3 atom stereocenters.